The fourth-order valence-corrected chi connectivity index (χ4v) is 2.69. The first kappa shape index (κ1) is 11.9. The van der Waals surface area contributed by atoms with Crippen molar-refractivity contribution in [3.8, 4) is 0 Å². The number of carbonyl (C=O) groups excluding carboxylic acids is 1. The molecular formula is C15H18O2. The number of methoxy groups -OCH3 is 1. The highest BCUT2D eigenvalue weighted by atomic mass is 16.5. The van der Waals surface area contributed by atoms with Gasteiger partial charge in [-0.1, -0.05) is 41.5 Å². The highest BCUT2D eigenvalue weighted by Gasteiger charge is 2.45. The predicted octanol–water partition coefficient (Wildman–Crippen LogP) is 3.23. The van der Waals surface area contributed by atoms with Gasteiger partial charge in [-0.25, -0.2) is 0 Å². The number of esters is 1. The van der Waals surface area contributed by atoms with Crippen molar-refractivity contribution in [3.05, 3.63) is 47.0 Å². The normalized spacial score (nSPS) is 18.3. The average molecular weight is 230 g/mol. The van der Waals surface area contributed by atoms with Crippen LogP contribution in [0.3, 0.4) is 0 Å². The molecule has 1 aromatic rings. The van der Waals surface area contributed by atoms with Crippen LogP contribution in [-0.2, 0) is 14.9 Å². The summed E-state index contributed by atoms with van der Waals surface area (Å²) < 4.78 is 5.02. The molecule has 0 aromatic heterocycles. The van der Waals surface area contributed by atoms with E-state index in [1.807, 2.05) is 30.3 Å². The van der Waals surface area contributed by atoms with Crippen LogP contribution in [0.15, 0.2) is 41.5 Å². The zero-order chi connectivity index (χ0) is 12.5. The van der Waals surface area contributed by atoms with Crippen LogP contribution in [-0.4, -0.2) is 13.1 Å². The van der Waals surface area contributed by atoms with Gasteiger partial charge >= 0.3 is 5.97 Å². The van der Waals surface area contributed by atoms with Crippen molar-refractivity contribution in [1.82, 2.24) is 0 Å². The monoisotopic (exact) mass is 230 g/mol. The number of allylic oxidation sites excluding steroid dienone is 2. The largest absolute Gasteiger partial charge is 0.468 e. The molecule has 0 heterocycles. The second kappa shape index (κ2) is 4.36. The van der Waals surface area contributed by atoms with Crippen molar-refractivity contribution in [2.45, 2.75) is 32.1 Å². The second-order valence-electron chi connectivity index (χ2n) is 4.85. The molecule has 0 aliphatic heterocycles. The van der Waals surface area contributed by atoms with Crippen molar-refractivity contribution < 1.29 is 9.53 Å². The minimum Gasteiger partial charge on any atom is -0.468 e. The smallest absolute Gasteiger partial charge is 0.316 e. The molecule has 1 aromatic carbocycles. The molecule has 0 bridgehead atoms. The lowest BCUT2D eigenvalue weighted by Crippen LogP contribution is -2.34. The Balaban J connectivity index is 2.45. The third-order valence-corrected chi connectivity index (χ3v) is 3.76. The molecule has 0 spiro atoms. The number of carbonyl (C=O) groups is 1. The van der Waals surface area contributed by atoms with Gasteiger partial charge in [-0.05, 0) is 32.3 Å². The summed E-state index contributed by atoms with van der Waals surface area (Å²) in [6, 6.07) is 9.95. The van der Waals surface area contributed by atoms with Crippen LogP contribution in [0.25, 0.3) is 0 Å². The zero-order valence-electron chi connectivity index (χ0n) is 10.6. The van der Waals surface area contributed by atoms with Gasteiger partial charge in [0.2, 0.25) is 0 Å². The molecule has 90 valence electrons. The molecule has 0 N–H and O–H groups in total. The molecule has 1 aliphatic rings. The van der Waals surface area contributed by atoms with Gasteiger partial charge < -0.3 is 4.74 Å². The lowest BCUT2D eigenvalue weighted by molar-refractivity contribution is -0.147. The molecule has 2 rings (SSSR count). The van der Waals surface area contributed by atoms with Crippen molar-refractivity contribution in [2.75, 3.05) is 7.11 Å². The maximum atomic E-state index is 12.2. The Kier molecular flexibility index (Phi) is 3.05. The Morgan fingerprint density at radius 3 is 2.12 bits per heavy atom. The molecular weight excluding hydrogens is 212 g/mol. The molecule has 0 amide bonds. The van der Waals surface area contributed by atoms with Gasteiger partial charge in [0, 0.05) is 0 Å². The van der Waals surface area contributed by atoms with E-state index in [1.54, 1.807) is 0 Å². The fourth-order valence-electron chi connectivity index (χ4n) is 2.69. The Labute approximate surface area is 102 Å². The van der Waals surface area contributed by atoms with Crippen molar-refractivity contribution >= 4 is 5.97 Å². The quantitative estimate of drug-likeness (QED) is 0.576. The minimum absolute atomic E-state index is 0.125. The molecule has 0 saturated heterocycles. The molecule has 0 saturated carbocycles. The molecule has 0 atom stereocenters. The highest BCUT2D eigenvalue weighted by molar-refractivity contribution is 5.85. The highest BCUT2D eigenvalue weighted by Crippen LogP contribution is 2.44. The van der Waals surface area contributed by atoms with Gasteiger partial charge in [-0.2, -0.15) is 0 Å². The van der Waals surface area contributed by atoms with E-state index in [9.17, 15) is 4.79 Å². The van der Waals surface area contributed by atoms with Crippen LogP contribution in [0.4, 0.5) is 0 Å². The maximum absolute atomic E-state index is 12.2. The molecule has 0 unspecified atom stereocenters. The predicted molar refractivity (Wildman–Crippen MR) is 67.7 cm³/mol. The first-order valence-electron chi connectivity index (χ1n) is 5.89. The van der Waals surface area contributed by atoms with Crippen LogP contribution in [0, 0.1) is 0 Å². The van der Waals surface area contributed by atoms with Gasteiger partial charge in [0.15, 0.2) is 0 Å². The van der Waals surface area contributed by atoms with E-state index >= 15 is 0 Å². The van der Waals surface area contributed by atoms with E-state index < -0.39 is 5.41 Å². The topological polar surface area (TPSA) is 26.3 Å². The van der Waals surface area contributed by atoms with Crippen LogP contribution in [0.2, 0.25) is 0 Å². The maximum Gasteiger partial charge on any atom is 0.316 e. The fraction of sp³-hybridized carbons (Fsp3) is 0.400. The van der Waals surface area contributed by atoms with Gasteiger partial charge in [-0.3, -0.25) is 4.79 Å². The lowest BCUT2D eigenvalue weighted by Gasteiger charge is -2.27. The third kappa shape index (κ3) is 1.88. The van der Waals surface area contributed by atoms with E-state index in [4.69, 9.17) is 4.74 Å². The lowest BCUT2D eigenvalue weighted by atomic mass is 9.77. The summed E-state index contributed by atoms with van der Waals surface area (Å²) in [6.07, 6.45) is 1.55. The Morgan fingerprint density at radius 2 is 1.65 bits per heavy atom. The summed E-state index contributed by atoms with van der Waals surface area (Å²) in [4.78, 5) is 12.2. The number of rotatable bonds is 2. The van der Waals surface area contributed by atoms with Crippen molar-refractivity contribution in [2.24, 2.45) is 0 Å². The molecule has 2 heteroatoms. The number of benzene rings is 1. The molecule has 0 fully saturated rings. The third-order valence-electron chi connectivity index (χ3n) is 3.76. The molecule has 0 radical (unpaired) electrons. The van der Waals surface area contributed by atoms with Gasteiger partial charge in [0.05, 0.1) is 7.11 Å². The van der Waals surface area contributed by atoms with Crippen LogP contribution in [0.1, 0.15) is 32.3 Å². The summed E-state index contributed by atoms with van der Waals surface area (Å²) in [7, 11) is 1.47. The summed E-state index contributed by atoms with van der Waals surface area (Å²) in [5.41, 5.74) is 3.17. The Morgan fingerprint density at radius 1 is 1.12 bits per heavy atom. The zero-order valence-corrected chi connectivity index (χ0v) is 10.6. The van der Waals surface area contributed by atoms with Crippen molar-refractivity contribution in [3.63, 3.8) is 0 Å². The van der Waals surface area contributed by atoms with Gasteiger partial charge in [-0.15, -0.1) is 0 Å². The van der Waals surface area contributed by atoms with Crippen LogP contribution in [0.5, 0.6) is 0 Å². The second-order valence-corrected chi connectivity index (χ2v) is 4.85. The standard InChI is InChI=1S/C15H18O2/c1-11-9-15(10-12(11)2,14(16)17-3)13-7-5-4-6-8-13/h4-8H,9-10H2,1-3H3. The van der Waals surface area contributed by atoms with Gasteiger partial charge in [0.1, 0.15) is 5.41 Å². The number of hydrogen-bond donors (Lipinski definition) is 0. The summed E-state index contributed by atoms with van der Waals surface area (Å²) >= 11 is 0. The molecule has 17 heavy (non-hydrogen) atoms. The SMILES string of the molecule is COC(=O)C1(c2ccccc2)CC(C)=C(C)C1. The summed E-state index contributed by atoms with van der Waals surface area (Å²) in [5.74, 6) is -0.125. The van der Waals surface area contributed by atoms with Crippen LogP contribution >= 0.6 is 0 Å². The van der Waals surface area contributed by atoms with Crippen molar-refractivity contribution in [1.29, 1.82) is 0 Å². The van der Waals surface area contributed by atoms with Crippen LogP contribution < -0.4 is 0 Å². The van der Waals surface area contributed by atoms with E-state index in [1.165, 1.54) is 18.3 Å². The Hall–Kier alpha value is -1.57. The first-order chi connectivity index (χ1) is 8.10. The van der Waals surface area contributed by atoms with E-state index in [0.29, 0.717) is 0 Å². The summed E-state index contributed by atoms with van der Waals surface area (Å²) in [5, 5.41) is 0. The molecule has 2 nitrogen and oxygen atoms in total. The number of hydrogen-bond acceptors (Lipinski definition) is 2. The van der Waals surface area contributed by atoms with E-state index in [2.05, 4.69) is 13.8 Å². The van der Waals surface area contributed by atoms with Gasteiger partial charge in [0.25, 0.3) is 0 Å². The number of ether oxygens (including phenoxy) is 1. The minimum atomic E-state index is -0.496. The average Bonchev–Trinajstić information content (AvgIpc) is 2.67. The van der Waals surface area contributed by atoms with E-state index in [0.717, 1.165) is 18.4 Å². The summed E-state index contributed by atoms with van der Waals surface area (Å²) in [6.45, 7) is 4.20. The van der Waals surface area contributed by atoms with E-state index in [-0.39, 0.29) is 5.97 Å². The molecule has 1 aliphatic carbocycles. The Bertz CT molecular complexity index is 443. The first-order valence-corrected chi connectivity index (χ1v) is 5.89.